The van der Waals surface area contributed by atoms with Crippen molar-refractivity contribution in [2.75, 3.05) is 24.1 Å². The predicted molar refractivity (Wildman–Crippen MR) is 119 cm³/mol. The van der Waals surface area contributed by atoms with Gasteiger partial charge in [0, 0.05) is 31.0 Å². The van der Waals surface area contributed by atoms with Crippen molar-refractivity contribution in [3.05, 3.63) is 59.7 Å². The van der Waals surface area contributed by atoms with E-state index in [0.29, 0.717) is 12.1 Å². The number of benzene rings is 2. The van der Waals surface area contributed by atoms with Gasteiger partial charge in [-0.1, -0.05) is 30.3 Å². The Labute approximate surface area is 179 Å². The van der Waals surface area contributed by atoms with Gasteiger partial charge >= 0.3 is 0 Å². The average molecular weight is 426 g/mol. The number of morpholine rings is 1. The molecule has 0 bridgehead atoms. The fourth-order valence-corrected chi connectivity index (χ4v) is 3.45. The molecule has 154 valence electrons. The SMILES string of the molecule is CC1CN(Cc2ccccc2NC(=O)Cc2ccc(N)cc2)CC(C)O1.Cl.Cl. The van der Waals surface area contributed by atoms with E-state index in [4.69, 9.17) is 10.5 Å². The molecule has 7 heteroatoms. The van der Waals surface area contributed by atoms with Crippen molar-refractivity contribution in [1.82, 2.24) is 4.90 Å². The monoisotopic (exact) mass is 425 g/mol. The molecule has 3 N–H and O–H groups in total. The number of halogens is 2. The fourth-order valence-electron chi connectivity index (χ4n) is 3.45. The van der Waals surface area contributed by atoms with Gasteiger partial charge in [0.15, 0.2) is 0 Å². The Bertz CT molecular complexity index is 746. The van der Waals surface area contributed by atoms with Gasteiger partial charge in [-0.15, -0.1) is 24.8 Å². The van der Waals surface area contributed by atoms with E-state index >= 15 is 0 Å². The number of hydrogen-bond donors (Lipinski definition) is 2. The second kappa shape index (κ2) is 11.3. The lowest BCUT2D eigenvalue weighted by molar-refractivity contribution is -0.115. The summed E-state index contributed by atoms with van der Waals surface area (Å²) >= 11 is 0. The summed E-state index contributed by atoms with van der Waals surface area (Å²) in [5.74, 6) is -0.0223. The first kappa shape index (κ1) is 24.2. The topological polar surface area (TPSA) is 67.6 Å². The maximum atomic E-state index is 12.4. The first-order valence-corrected chi connectivity index (χ1v) is 9.09. The number of anilines is 2. The number of amides is 1. The van der Waals surface area contributed by atoms with Gasteiger partial charge in [0.1, 0.15) is 0 Å². The Kier molecular flexibility index (Phi) is 9.76. The highest BCUT2D eigenvalue weighted by atomic mass is 35.5. The number of nitrogens with zero attached hydrogens (tertiary/aromatic N) is 1. The number of nitrogens with one attached hydrogen (secondary N) is 1. The molecule has 2 aromatic rings. The number of rotatable bonds is 5. The summed E-state index contributed by atoms with van der Waals surface area (Å²) in [5.41, 5.74) is 9.35. The number of para-hydroxylation sites is 1. The number of nitrogens with two attached hydrogens (primary N) is 1. The molecule has 1 aliphatic heterocycles. The number of carbonyl (C=O) groups is 1. The van der Waals surface area contributed by atoms with Gasteiger partial charge in [0.05, 0.1) is 18.6 Å². The Morgan fingerprint density at radius 2 is 1.68 bits per heavy atom. The molecule has 2 aromatic carbocycles. The van der Waals surface area contributed by atoms with Gasteiger partial charge in [-0.05, 0) is 43.2 Å². The van der Waals surface area contributed by atoms with E-state index in [1.807, 2.05) is 42.5 Å². The van der Waals surface area contributed by atoms with Gasteiger partial charge < -0.3 is 15.8 Å². The molecule has 0 aromatic heterocycles. The molecule has 2 unspecified atom stereocenters. The molecule has 28 heavy (non-hydrogen) atoms. The number of carbonyl (C=O) groups excluding carboxylic acids is 1. The molecule has 1 aliphatic rings. The van der Waals surface area contributed by atoms with Crippen LogP contribution in [0.4, 0.5) is 11.4 Å². The Balaban J connectivity index is 0.00000196. The fraction of sp³-hybridized carbons (Fsp3) is 0.381. The molecule has 0 radical (unpaired) electrons. The molecule has 2 atom stereocenters. The standard InChI is InChI=1S/C21H27N3O2.2ClH/c1-15-12-24(13-16(2)26-15)14-18-5-3-4-6-20(18)23-21(25)11-17-7-9-19(22)10-8-17;;/h3-10,15-16H,11-14,22H2,1-2H3,(H,23,25);2*1H. The third-order valence-electron chi connectivity index (χ3n) is 4.53. The van der Waals surface area contributed by atoms with Crippen LogP contribution in [0.1, 0.15) is 25.0 Å². The summed E-state index contributed by atoms with van der Waals surface area (Å²) in [6, 6.07) is 15.4. The highest BCUT2D eigenvalue weighted by Gasteiger charge is 2.22. The highest BCUT2D eigenvalue weighted by molar-refractivity contribution is 5.93. The van der Waals surface area contributed by atoms with E-state index in [1.54, 1.807) is 0 Å². The molecule has 1 heterocycles. The van der Waals surface area contributed by atoms with E-state index in [2.05, 4.69) is 30.1 Å². The van der Waals surface area contributed by atoms with Gasteiger partial charge in [0.2, 0.25) is 5.91 Å². The third kappa shape index (κ3) is 6.99. The molecular weight excluding hydrogens is 397 g/mol. The minimum absolute atomic E-state index is 0. The number of nitrogen functional groups attached to an aromatic ring is 1. The lowest BCUT2D eigenvalue weighted by Crippen LogP contribution is -2.44. The third-order valence-corrected chi connectivity index (χ3v) is 4.53. The van der Waals surface area contributed by atoms with E-state index in [9.17, 15) is 4.79 Å². The summed E-state index contributed by atoms with van der Waals surface area (Å²) in [4.78, 5) is 14.8. The van der Waals surface area contributed by atoms with Crippen molar-refractivity contribution in [3.8, 4) is 0 Å². The van der Waals surface area contributed by atoms with E-state index in [0.717, 1.165) is 36.4 Å². The summed E-state index contributed by atoms with van der Waals surface area (Å²) in [5, 5.41) is 3.06. The molecule has 1 saturated heterocycles. The summed E-state index contributed by atoms with van der Waals surface area (Å²) in [6.07, 6.45) is 0.789. The van der Waals surface area contributed by atoms with Crippen molar-refractivity contribution < 1.29 is 9.53 Å². The van der Waals surface area contributed by atoms with Gasteiger partial charge in [-0.25, -0.2) is 0 Å². The van der Waals surface area contributed by atoms with Crippen molar-refractivity contribution in [3.63, 3.8) is 0 Å². The van der Waals surface area contributed by atoms with Crippen LogP contribution in [-0.4, -0.2) is 36.1 Å². The average Bonchev–Trinajstić information content (AvgIpc) is 2.58. The van der Waals surface area contributed by atoms with Crippen LogP contribution < -0.4 is 11.1 Å². The largest absolute Gasteiger partial charge is 0.399 e. The van der Waals surface area contributed by atoms with Gasteiger partial charge in [-0.2, -0.15) is 0 Å². The highest BCUT2D eigenvalue weighted by Crippen LogP contribution is 2.20. The molecule has 1 amide bonds. The summed E-state index contributed by atoms with van der Waals surface area (Å²) in [7, 11) is 0. The van der Waals surface area contributed by atoms with Crippen LogP contribution in [0.15, 0.2) is 48.5 Å². The van der Waals surface area contributed by atoms with E-state index in [1.165, 1.54) is 0 Å². The normalized spacial score (nSPS) is 19.2. The number of hydrogen-bond acceptors (Lipinski definition) is 4. The molecular formula is C21H29Cl2N3O2. The molecule has 0 spiro atoms. The second-order valence-electron chi connectivity index (χ2n) is 7.08. The summed E-state index contributed by atoms with van der Waals surface area (Å²) in [6.45, 7) is 6.80. The van der Waals surface area contributed by atoms with Crippen LogP contribution in [0.2, 0.25) is 0 Å². The van der Waals surface area contributed by atoms with Crippen molar-refractivity contribution >= 4 is 42.1 Å². The zero-order valence-corrected chi connectivity index (χ0v) is 17.9. The van der Waals surface area contributed by atoms with Crippen LogP contribution in [0.25, 0.3) is 0 Å². The minimum Gasteiger partial charge on any atom is -0.399 e. The van der Waals surface area contributed by atoms with Crippen LogP contribution in [-0.2, 0) is 22.5 Å². The molecule has 3 rings (SSSR count). The molecule has 5 nitrogen and oxygen atoms in total. The maximum Gasteiger partial charge on any atom is 0.228 e. The lowest BCUT2D eigenvalue weighted by Gasteiger charge is -2.35. The molecule has 0 saturated carbocycles. The lowest BCUT2D eigenvalue weighted by atomic mass is 10.1. The van der Waals surface area contributed by atoms with Crippen LogP contribution >= 0.6 is 24.8 Å². The quantitative estimate of drug-likeness (QED) is 0.712. The molecule has 0 aliphatic carbocycles. The van der Waals surface area contributed by atoms with Crippen LogP contribution in [0.3, 0.4) is 0 Å². The first-order chi connectivity index (χ1) is 12.5. The molecule has 1 fully saturated rings. The first-order valence-electron chi connectivity index (χ1n) is 9.09. The van der Waals surface area contributed by atoms with Gasteiger partial charge in [0.25, 0.3) is 0 Å². The van der Waals surface area contributed by atoms with Crippen molar-refractivity contribution in [2.24, 2.45) is 0 Å². The van der Waals surface area contributed by atoms with Crippen LogP contribution in [0.5, 0.6) is 0 Å². The van der Waals surface area contributed by atoms with Gasteiger partial charge in [-0.3, -0.25) is 9.69 Å². The smallest absolute Gasteiger partial charge is 0.228 e. The zero-order valence-electron chi connectivity index (χ0n) is 16.3. The maximum absolute atomic E-state index is 12.4. The Morgan fingerprint density at radius 1 is 1.07 bits per heavy atom. The Morgan fingerprint density at radius 3 is 2.32 bits per heavy atom. The summed E-state index contributed by atoms with van der Waals surface area (Å²) < 4.78 is 5.80. The van der Waals surface area contributed by atoms with E-state index < -0.39 is 0 Å². The number of ether oxygens (including phenoxy) is 1. The van der Waals surface area contributed by atoms with Crippen molar-refractivity contribution in [2.45, 2.75) is 39.0 Å². The Hall–Kier alpha value is -1.79. The zero-order chi connectivity index (χ0) is 18.5. The van der Waals surface area contributed by atoms with Crippen LogP contribution in [0, 0.1) is 0 Å². The van der Waals surface area contributed by atoms with E-state index in [-0.39, 0.29) is 42.9 Å². The second-order valence-corrected chi connectivity index (χ2v) is 7.08. The predicted octanol–water partition coefficient (Wildman–Crippen LogP) is 3.90. The minimum atomic E-state index is -0.0223. The van der Waals surface area contributed by atoms with Crippen molar-refractivity contribution in [1.29, 1.82) is 0 Å².